The van der Waals surface area contributed by atoms with Gasteiger partial charge in [-0.2, -0.15) is 0 Å². The number of likely N-dealkylation sites (tertiary alicyclic amines) is 1. The summed E-state index contributed by atoms with van der Waals surface area (Å²) < 4.78 is 0. The van der Waals surface area contributed by atoms with Crippen LogP contribution in [-0.2, 0) is 4.79 Å². The molecule has 0 aromatic heterocycles. The van der Waals surface area contributed by atoms with Gasteiger partial charge in [-0.1, -0.05) is 46.0 Å². The minimum Gasteiger partial charge on any atom is -0.343 e. The maximum atomic E-state index is 12.5. The van der Waals surface area contributed by atoms with Gasteiger partial charge in [0.25, 0.3) is 0 Å². The van der Waals surface area contributed by atoms with E-state index in [-0.39, 0.29) is 0 Å². The summed E-state index contributed by atoms with van der Waals surface area (Å²) in [5.74, 6) is 1.02. The highest BCUT2D eigenvalue weighted by atomic mass is 16.2. The Kier molecular flexibility index (Phi) is 9.73. The van der Waals surface area contributed by atoms with Crippen LogP contribution in [0.3, 0.4) is 0 Å². The highest BCUT2D eigenvalue weighted by molar-refractivity contribution is 5.76. The van der Waals surface area contributed by atoms with E-state index < -0.39 is 0 Å². The van der Waals surface area contributed by atoms with E-state index in [1.165, 1.54) is 44.9 Å². The Labute approximate surface area is 131 Å². The van der Waals surface area contributed by atoms with E-state index in [0.29, 0.717) is 17.9 Å². The fourth-order valence-electron chi connectivity index (χ4n) is 3.32. The number of piperidine rings is 1. The van der Waals surface area contributed by atoms with Gasteiger partial charge < -0.3 is 10.2 Å². The Morgan fingerprint density at radius 2 is 1.71 bits per heavy atom. The molecule has 1 N–H and O–H groups in total. The lowest BCUT2D eigenvalue weighted by Crippen LogP contribution is -2.44. The van der Waals surface area contributed by atoms with Crippen LogP contribution in [0.15, 0.2) is 0 Å². The molecule has 0 radical (unpaired) electrons. The average Bonchev–Trinajstić information content (AvgIpc) is 2.52. The number of unbranched alkanes of at least 4 members (excludes halogenated alkanes) is 3. The van der Waals surface area contributed by atoms with Crippen LogP contribution in [0, 0.1) is 5.92 Å². The van der Waals surface area contributed by atoms with Gasteiger partial charge in [-0.3, -0.25) is 4.79 Å². The Balaban J connectivity index is 2.35. The zero-order chi connectivity index (χ0) is 15.5. The molecule has 0 saturated carbocycles. The molecule has 0 aromatic carbocycles. The zero-order valence-corrected chi connectivity index (χ0v) is 14.5. The summed E-state index contributed by atoms with van der Waals surface area (Å²) in [6.45, 7) is 6.38. The molecule has 1 rings (SSSR count). The van der Waals surface area contributed by atoms with E-state index in [1.54, 1.807) is 0 Å². The van der Waals surface area contributed by atoms with Crippen LogP contribution in [0.5, 0.6) is 0 Å². The molecule has 0 spiro atoms. The first kappa shape index (κ1) is 18.5. The highest BCUT2D eigenvalue weighted by Gasteiger charge is 2.23. The highest BCUT2D eigenvalue weighted by Crippen LogP contribution is 2.22. The summed E-state index contributed by atoms with van der Waals surface area (Å²) in [5.41, 5.74) is 0. The smallest absolute Gasteiger partial charge is 0.222 e. The van der Waals surface area contributed by atoms with Gasteiger partial charge in [-0.15, -0.1) is 0 Å². The fourth-order valence-corrected chi connectivity index (χ4v) is 3.32. The van der Waals surface area contributed by atoms with Crippen LogP contribution in [0.1, 0.15) is 78.1 Å². The van der Waals surface area contributed by atoms with Crippen LogP contribution in [0.4, 0.5) is 0 Å². The number of carbonyl (C=O) groups is 1. The number of hydrogen-bond acceptors (Lipinski definition) is 2. The number of nitrogens with zero attached hydrogens (tertiary/aromatic N) is 1. The number of rotatable bonds is 10. The Hall–Kier alpha value is -0.570. The molecule has 1 fully saturated rings. The van der Waals surface area contributed by atoms with E-state index in [4.69, 9.17) is 0 Å². The van der Waals surface area contributed by atoms with Crippen LogP contribution >= 0.6 is 0 Å². The van der Waals surface area contributed by atoms with Gasteiger partial charge in [0, 0.05) is 25.6 Å². The first-order valence-electron chi connectivity index (χ1n) is 9.16. The number of carbonyl (C=O) groups excluding carboxylic acids is 1. The molecule has 1 saturated heterocycles. The van der Waals surface area contributed by atoms with Crippen molar-refractivity contribution >= 4 is 5.91 Å². The van der Waals surface area contributed by atoms with Gasteiger partial charge in [0.15, 0.2) is 0 Å². The fraction of sp³-hybridized carbons (Fsp3) is 0.944. The lowest BCUT2D eigenvalue weighted by atomic mass is 9.91. The second-order valence-electron chi connectivity index (χ2n) is 6.65. The molecule has 0 aliphatic carbocycles. The molecular formula is C18H36N2O. The van der Waals surface area contributed by atoms with Crippen molar-refractivity contribution in [3.63, 3.8) is 0 Å². The third-order valence-electron chi connectivity index (χ3n) is 4.90. The third kappa shape index (κ3) is 7.30. The first-order valence-corrected chi connectivity index (χ1v) is 9.16. The third-order valence-corrected chi connectivity index (χ3v) is 4.90. The van der Waals surface area contributed by atoms with E-state index in [2.05, 4.69) is 24.1 Å². The predicted molar refractivity (Wildman–Crippen MR) is 90.4 cm³/mol. The summed E-state index contributed by atoms with van der Waals surface area (Å²) in [5, 5.41) is 3.33. The molecule has 1 heterocycles. The Morgan fingerprint density at radius 3 is 2.29 bits per heavy atom. The van der Waals surface area contributed by atoms with Gasteiger partial charge in [0.2, 0.25) is 5.91 Å². The molecular weight excluding hydrogens is 260 g/mol. The normalized spacial score (nSPS) is 18.0. The van der Waals surface area contributed by atoms with Crippen LogP contribution in [0.2, 0.25) is 0 Å². The zero-order valence-electron chi connectivity index (χ0n) is 14.5. The van der Waals surface area contributed by atoms with Crippen LogP contribution in [-0.4, -0.2) is 37.0 Å². The summed E-state index contributed by atoms with van der Waals surface area (Å²) in [4.78, 5) is 14.6. The monoisotopic (exact) mass is 296 g/mol. The van der Waals surface area contributed by atoms with Crippen molar-refractivity contribution in [1.82, 2.24) is 10.2 Å². The number of amides is 1. The second kappa shape index (κ2) is 11.1. The lowest BCUT2D eigenvalue weighted by molar-refractivity contribution is -0.133. The van der Waals surface area contributed by atoms with Crippen molar-refractivity contribution < 1.29 is 4.79 Å². The van der Waals surface area contributed by atoms with Crippen molar-refractivity contribution in [2.75, 3.05) is 20.1 Å². The quantitative estimate of drug-likeness (QED) is 0.619. The Morgan fingerprint density at radius 1 is 1.10 bits per heavy atom. The molecule has 0 aromatic rings. The molecule has 1 aliphatic heterocycles. The minimum absolute atomic E-state index is 0.405. The van der Waals surface area contributed by atoms with Crippen molar-refractivity contribution in [3.8, 4) is 0 Å². The van der Waals surface area contributed by atoms with E-state index in [0.717, 1.165) is 32.4 Å². The van der Waals surface area contributed by atoms with E-state index >= 15 is 0 Å². The Bertz CT molecular complexity index is 272. The first-order chi connectivity index (χ1) is 10.2. The van der Waals surface area contributed by atoms with Gasteiger partial charge >= 0.3 is 0 Å². The van der Waals surface area contributed by atoms with E-state index in [1.807, 2.05) is 7.05 Å². The van der Waals surface area contributed by atoms with Crippen molar-refractivity contribution in [1.29, 1.82) is 0 Å². The predicted octanol–water partition coefficient (Wildman–Crippen LogP) is 3.97. The van der Waals surface area contributed by atoms with E-state index in [9.17, 15) is 4.79 Å². The molecule has 21 heavy (non-hydrogen) atoms. The van der Waals surface area contributed by atoms with Gasteiger partial charge in [-0.25, -0.2) is 0 Å². The molecule has 124 valence electrons. The van der Waals surface area contributed by atoms with Gasteiger partial charge in [0.1, 0.15) is 0 Å². The van der Waals surface area contributed by atoms with Crippen molar-refractivity contribution in [3.05, 3.63) is 0 Å². The van der Waals surface area contributed by atoms with Crippen molar-refractivity contribution in [2.24, 2.45) is 5.92 Å². The summed E-state index contributed by atoms with van der Waals surface area (Å²) in [7, 11) is 2.02. The van der Waals surface area contributed by atoms with Crippen LogP contribution < -0.4 is 5.32 Å². The number of hydrogen-bond donors (Lipinski definition) is 1. The van der Waals surface area contributed by atoms with Gasteiger partial charge in [-0.05, 0) is 38.6 Å². The van der Waals surface area contributed by atoms with Crippen molar-refractivity contribution in [2.45, 2.75) is 84.1 Å². The molecule has 1 aliphatic rings. The average molecular weight is 296 g/mol. The molecule has 1 unspecified atom stereocenters. The summed E-state index contributed by atoms with van der Waals surface area (Å²) >= 11 is 0. The molecule has 0 bridgehead atoms. The molecule has 1 atom stereocenters. The topological polar surface area (TPSA) is 32.3 Å². The SMILES string of the molecule is CCCCCC(CCCC)CC(=O)N1CCC(NC)CC1. The minimum atomic E-state index is 0.405. The number of nitrogens with one attached hydrogen (secondary N) is 1. The lowest BCUT2D eigenvalue weighted by Gasteiger charge is -2.33. The maximum absolute atomic E-state index is 12.5. The summed E-state index contributed by atoms with van der Waals surface area (Å²) in [6.07, 6.45) is 11.9. The van der Waals surface area contributed by atoms with Gasteiger partial charge in [0.05, 0.1) is 0 Å². The van der Waals surface area contributed by atoms with Crippen LogP contribution in [0.25, 0.3) is 0 Å². The molecule has 3 nitrogen and oxygen atoms in total. The summed E-state index contributed by atoms with van der Waals surface area (Å²) in [6, 6.07) is 0.606. The standard InChI is InChI=1S/C18H36N2O/c1-4-6-8-10-16(9-7-5-2)15-18(21)20-13-11-17(19-3)12-14-20/h16-17,19H,4-15H2,1-3H3. The largest absolute Gasteiger partial charge is 0.343 e. The molecule has 3 heteroatoms. The second-order valence-corrected chi connectivity index (χ2v) is 6.65. The maximum Gasteiger partial charge on any atom is 0.222 e. The molecule has 1 amide bonds.